The third-order valence-electron chi connectivity index (χ3n) is 3.82. The van der Waals surface area contributed by atoms with Crippen LogP contribution in [0, 0.1) is 5.82 Å². The van der Waals surface area contributed by atoms with Crippen LogP contribution in [0.5, 0.6) is 0 Å². The van der Waals surface area contributed by atoms with Crippen LogP contribution in [-0.4, -0.2) is 40.3 Å². The van der Waals surface area contributed by atoms with Crippen molar-refractivity contribution in [1.82, 2.24) is 9.97 Å². The van der Waals surface area contributed by atoms with Gasteiger partial charge in [-0.3, -0.25) is 4.79 Å². The van der Waals surface area contributed by atoms with Gasteiger partial charge in [-0.2, -0.15) is 10.1 Å². The molecule has 0 unspecified atom stereocenters. The molecule has 1 heterocycles. The maximum absolute atomic E-state index is 15.2. The lowest BCUT2D eigenvalue weighted by molar-refractivity contribution is -0.111. The molecule has 2 aromatic carbocycles. The predicted molar refractivity (Wildman–Crippen MR) is 114 cm³/mol. The molecule has 3 aromatic rings. The number of aliphatic hydroxyl groups excluding tert-OH is 1. The lowest BCUT2D eigenvalue weighted by Gasteiger charge is -2.13. The van der Waals surface area contributed by atoms with Crippen LogP contribution in [0.15, 0.2) is 59.7 Å². The number of nitrogens with zero attached hydrogens (tertiary/aromatic N) is 3. The highest BCUT2D eigenvalue weighted by Crippen LogP contribution is 2.28. The molecule has 0 aliphatic carbocycles. The number of carbonyl (C=O) groups excluding carboxylic acids is 1. The fourth-order valence-electron chi connectivity index (χ4n) is 2.56. The van der Waals surface area contributed by atoms with Gasteiger partial charge in [-0.25, -0.2) is 14.8 Å². The summed E-state index contributed by atoms with van der Waals surface area (Å²) in [7, 11) is 0. The van der Waals surface area contributed by atoms with E-state index in [1.165, 1.54) is 0 Å². The number of hydrogen-bond donors (Lipinski definition) is 5. The van der Waals surface area contributed by atoms with Crippen LogP contribution in [-0.2, 0) is 4.79 Å². The lowest BCUT2D eigenvalue weighted by atomic mass is 10.1. The maximum Gasteiger partial charge on any atom is 0.261 e. The Balaban J connectivity index is 1.97. The van der Waals surface area contributed by atoms with Crippen molar-refractivity contribution in [2.75, 3.05) is 29.2 Å². The number of amides is 1. The SMILES string of the molecule is NC(=O)C=NNc1nc(Nc2cccc(NCCO)c2)c(F)c(-c2ccccc2)n1. The molecule has 0 aliphatic rings. The van der Waals surface area contributed by atoms with Gasteiger partial charge in [-0.15, -0.1) is 0 Å². The molecule has 0 saturated carbocycles. The van der Waals surface area contributed by atoms with Crippen molar-refractivity contribution < 1.29 is 14.3 Å². The van der Waals surface area contributed by atoms with Crippen LogP contribution in [0.1, 0.15) is 0 Å². The first kappa shape index (κ1) is 20.7. The molecule has 1 amide bonds. The second kappa shape index (κ2) is 9.94. The zero-order valence-corrected chi connectivity index (χ0v) is 15.8. The van der Waals surface area contributed by atoms with Gasteiger partial charge in [0.25, 0.3) is 5.91 Å². The molecule has 0 saturated heterocycles. The quantitative estimate of drug-likeness (QED) is 0.270. The lowest BCUT2D eigenvalue weighted by Crippen LogP contribution is -2.13. The van der Waals surface area contributed by atoms with Gasteiger partial charge in [0, 0.05) is 23.5 Å². The monoisotopic (exact) mass is 409 g/mol. The highest BCUT2D eigenvalue weighted by atomic mass is 19.1. The Morgan fingerprint density at radius 2 is 1.90 bits per heavy atom. The molecule has 0 aliphatic heterocycles. The number of carbonyl (C=O) groups is 1. The normalized spacial score (nSPS) is 10.7. The summed E-state index contributed by atoms with van der Waals surface area (Å²) in [5.41, 5.74) is 9.41. The maximum atomic E-state index is 15.2. The van der Waals surface area contributed by atoms with Crippen molar-refractivity contribution in [2.24, 2.45) is 10.8 Å². The van der Waals surface area contributed by atoms with Gasteiger partial charge in [0.05, 0.1) is 6.61 Å². The molecular formula is C20H20FN7O2. The van der Waals surface area contributed by atoms with E-state index < -0.39 is 11.7 Å². The summed E-state index contributed by atoms with van der Waals surface area (Å²) in [6, 6.07) is 15.8. The van der Waals surface area contributed by atoms with Crippen molar-refractivity contribution in [3.63, 3.8) is 0 Å². The molecule has 0 spiro atoms. The van der Waals surface area contributed by atoms with Crippen molar-refractivity contribution >= 4 is 35.3 Å². The predicted octanol–water partition coefficient (Wildman–Crippen LogP) is 2.31. The number of halogens is 1. The number of hydrogen-bond acceptors (Lipinski definition) is 8. The molecule has 6 N–H and O–H groups in total. The minimum atomic E-state index is -0.751. The van der Waals surface area contributed by atoms with E-state index in [1.54, 1.807) is 42.5 Å². The molecule has 1 aromatic heterocycles. The third-order valence-corrected chi connectivity index (χ3v) is 3.82. The number of rotatable bonds is 9. The molecule has 0 fully saturated rings. The Morgan fingerprint density at radius 1 is 1.13 bits per heavy atom. The van der Waals surface area contributed by atoms with Gasteiger partial charge in [0.1, 0.15) is 11.9 Å². The van der Waals surface area contributed by atoms with Crippen molar-refractivity contribution in [1.29, 1.82) is 0 Å². The number of aliphatic hydroxyl groups is 1. The third kappa shape index (κ3) is 5.49. The number of anilines is 4. The number of nitrogens with one attached hydrogen (secondary N) is 3. The molecule has 10 heteroatoms. The van der Waals surface area contributed by atoms with Crippen LogP contribution < -0.4 is 21.8 Å². The van der Waals surface area contributed by atoms with Gasteiger partial charge in [0.15, 0.2) is 11.6 Å². The van der Waals surface area contributed by atoms with E-state index >= 15 is 4.39 Å². The smallest absolute Gasteiger partial charge is 0.261 e. The number of primary amides is 1. The second-order valence-electron chi connectivity index (χ2n) is 6.05. The van der Waals surface area contributed by atoms with Crippen LogP contribution in [0.2, 0.25) is 0 Å². The van der Waals surface area contributed by atoms with E-state index in [1.807, 2.05) is 12.1 Å². The number of benzene rings is 2. The van der Waals surface area contributed by atoms with Crippen LogP contribution >= 0.6 is 0 Å². The fourth-order valence-corrected chi connectivity index (χ4v) is 2.56. The van der Waals surface area contributed by atoms with Gasteiger partial charge in [-0.1, -0.05) is 36.4 Å². The fraction of sp³-hybridized carbons (Fsp3) is 0.100. The Kier molecular flexibility index (Phi) is 6.85. The number of hydrazone groups is 1. The summed E-state index contributed by atoms with van der Waals surface area (Å²) in [5, 5.41) is 18.6. The first-order chi connectivity index (χ1) is 14.6. The molecule has 0 atom stereocenters. The van der Waals surface area contributed by atoms with Gasteiger partial charge in [-0.05, 0) is 18.2 Å². The standard InChI is InChI=1S/C20H20FN7O2/c21-17-18(13-5-2-1-3-6-13)26-20(28-24-12-16(22)30)27-19(17)25-15-8-4-7-14(11-15)23-9-10-29/h1-8,11-12,23,29H,9-10H2,(H2,22,30)(H2,25,26,27,28). The molecular weight excluding hydrogens is 389 g/mol. The average molecular weight is 409 g/mol. The van der Waals surface area contributed by atoms with Gasteiger partial charge in [0.2, 0.25) is 5.95 Å². The summed E-state index contributed by atoms with van der Waals surface area (Å²) < 4.78 is 15.2. The Labute approximate surface area is 171 Å². The van der Waals surface area contributed by atoms with E-state index in [0.717, 1.165) is 11.9 Å². The van der Waals surface area contributed by atoms with Gasteiger partial charge >= 0.3 is 0 Å². The van der Waals surface area contributed by atoms with Crippen molar-refractivity contribution in [3.8, 4) is 11.3 Å². The van der Waals surface area contributed by atoms with Crippen LogP contribution in [0.4, 0.5) is 27.5 Å². The summed E-state index contributed by atoms with van der Waals surface area (Å²) in [5.74, 6) is -1.51. The largest absolute Gasteiger partial charge is 0.395 e. The molecule has 154 valence electrons. The molecule has 9 nitrogen and oxygen atoms in total. The van der Waals surface area contributed by atoms with Gasteiger partial charge < -0.3 is 21.5 Å². The van der Waals surface area contributed by atoms with E-state index in [9.17, 15) is 4.79 Å². The van der Waals surface area contributed by atoms with Crippen LogP contribution in [0.3, 0.4) is 0 Å². The first-order valence-corrected chi connectivity index (χ1v) is 9.00. The highest BCUT2D eigenvalue weighted by molar-refractivity contribution is 6.25. The minimum Gasteiger partial charge on any atom is -0.395 e. The Bertz CT molecular complexity index is 1040. The number of nitrogens with two attached hydrogens (primary N) is 1. The van der Waals surface area contributed by atoms with E-state index in [2.05, 4.69) is 31.1 Å². The number of aromatic nitrogens is 2. The molecule has 0 bridgehead atoms. The zero-order valence-electron chi connectivity index (χ0n) is 15.8. The average Bonchev–Trinajstić information content (AvgIpc) is 2.75. The van der Waals surface area contributed by atoms with E-state index in [0.29, 0.717) is 17.8 Å². The van der Waals surface area contributed by atoms with Crippen molar-refractivity contribution in [2.45, 2.75) is 0 Å². The Hall–Kier alpha value is -4.05. The Morgan fingerprint density at radius 3 is 2.63 bits per heavy atom. The first-order valence-electron chi connectivity index (χ1n) is 9.00. The topological polar surface area (TPSA) is 138 Å². The summed E-state index contributed by atoms with van der Waals surface area (Å²) in [4.78, 5) is 19.1. The van der Waals surface area contributed by atoms with Crippen LogP contribution in [0.25, 0.3) is 11.3 Å². The van der Waals surface area contributed by atoms with E-state index in [-0.39, 0.29) is 24.1 Å². The second-order valence-corrected chi connectivity index (χ2v) is 6.05. The van der Waals surface area contributed by atoms with Crippen molar-refractivity contribution in [3.05, 3.63) is 60.4 Å². The summed E-state index contributed by atoms with van der Waals surface area (Å²) in [6.45, 7) is 0.370. The summed E-state index contributed by atoms with van der Waals surface area (Å²) in [6.07, 6.45) is 0.859. The highest BCUT2D eigenvalue weighted by Gasteiger charge is 2.16. The zero-order chi connectivity index (χ0) is 21.3. The molecule has 30 heavy (non-hydrogen) atoms. The molecule has 0 radical (unpaired) electrons. The molecule has 3 rings (SSSR count). The summed E-state index contributed by atoms with van der Waals surface area (Å²) >= 11 is 0. The minimum absolute atomic E-state index is 0.0144. The van der Waals surface area contributed by atoms with E-state index in [4.69, 9.17) is 10.8 Å².